The highest BCUT2D eigenvalue weighted by atomic mass is 28.4. The van der Waals surface area contributed by atoms with Crippen molar-refractivity contribution in [3.05, 3.63) is 35.9 Å². The molecule has 1 amide bonds. The second kappa shape index (κ2) is 6.52. The zero-order valence-corrected chi connectivity index (χ0v) is 17.0. The molecule has 3 rings (SSSR count). The molecule has 2 heterocycles. The first-order valence-electron chi connectivity index (χ1n) is 9.31. The Morgan fingerprint density at radius 3 is 2.40 bits per heavy atom. The third-order valence-electron chi connectivity index (χ3n) is 6.28. The van der Waals surface area contributed by atoms with Gasteiger partial charge in [-0.2, -0.15) is 0 Å². The average molecular weight is 362 g/mol. The predicted molar refractivity (Wildman–Crippen MR) is 102 cm³/mol. The predicted octanol–water partition coefficient (Wildman–Crippen LogP) is 3.53. The molecule has 138 valence electrons. The summed E-state index contributed by atoms with van der Waals surface area (Å²) in [5.41, 5.74) is 0.999. The van der Waals surface area contributed by atoms with Gasteiger partial charge in [-0.3, -0.25) is 4.79 Å². The number of aliphatic hydroxyl groups excluding tert-OH is 1. The van der Waals surface area contributed by atoms with Gasteiger partial charge in [-0.1, -0.05) is 51.1 Å². The quantitative estimate of drug-likeness (QED) is 0.838. The van der Waals surface area contributed by atoms with E-state index in [9.17, 15) is 9.90 Å². The van der Waals surface area contributed by atoms with E-state index >= 15 is 0 Å². The van der Waals surface area contributed by atoms with Gasteiger partial charge in [0, 0.05) is 6.54 Å². The van der Waals surface area contributed by atoms with E-state index in [0.717, 1.165) is 12.0 Å². The molecule has 0 spiro atoms. The molecule has 5 heteroatoms. The summed E-state index contributed by atoms with van der Waals surface area (Å²) in [6, 6.07) is 9.73. The fraction of sp³-hybridized carbons (Fsp3) is 0.650. The molecule has 1 N–H and O–H groups in total. The van der Waals surface area contributed by atoms with Crippen LogP contribution in [0.2, 0.25) is 18.1 Å². The van der Waals surface area contributed by atoms with Gasteiger partial charge in [0.2, 0.25) is 5.91 Å². The van der Waals surface area contributed by atoms with E-state index < -0.39 is 14.4 Å². The van der Waals surface area contributed by atoms with Gasteiger partial charge in [-0.05, 0) is 36.5 Å². The Bertz CT molecular complexity index is 626. The Morgan fingerprint density at radius 1 is 1.16 bits per heavy atom. The van der Waals surface area contributed by atoms with Crippen LogP contribution in [0.1, 0.15) is 45.1 Å². The van der Waals surface area contributed by atoms with Crippen molar-refractivity contribution < 1.29 is 14.3 Å². The van der Waals surface area contributed by atoms with Crippen molar-refractivity contribution in [2.24, 2.45) is 0 Å². The molecule has 0 saturated carbocycles. The van der Waals surface area contributed by atoms with Crippen LogP contribution in [-0.2, 0) is 9.22 Å². The molecule has 0 bridgehead atoms. The number of aliphatic hydroxyl groups is 1. The highest BCUT2D eigenvalue weighted by molar-refractivity contribution is 6.74. The van der Waals surface area contributed by atoms with Crippen LogP contribution >= 0.6 is 0 Å². The van der Waals surface area contributed by atoms with E-state index in [4.69, 9.17) is 4.43 Å². The van der Waals surface area contributed by atoms with Crippen molar-refractivity contribution in [3.8, 4) is 0 Å². The summed E-state index contributed by atoms with van der Waals surface area (Å²) < 4.78 is 6.53. The molecular formula is C20H31NO3Si. The standard InChI is InChI=1S/C20H31NO3Si/c1-20(2,3)25(4,5)24-15-11-17-18(22)12-16(19(23)21(17)13-15)14-9-7-6-8-10-14/h6-10,15-18,22H,11-13H2,1-5H3/t15-,16+,17+,18-/m1/s1. The number of nitrogens with zero attached hydrogens (tertiary/aromatic N) is 1. The number of fused-ring (bicyclic) bond motifs is 1. The van der Waals surface area contributed by atoms with Gasteiger partial charge >= 0.3 is 0 Å². The van der Waals surface area contributed by atoms with Crippen molar-refractivity contribution in [2.45, 2.75) is 75.9 Å². The van der Waals surface area contributed by atoms with Crippen LogP contribution in [0.5, 0.6) is 0 Å². The van der Waals surface area contributed by atoms with Crippen molar-refractivity contribution in [1.82, 2.24) is 4.90 Å². The Hall–Kier alpha value is -1.17. The van der Waals surface area contributed by atoms with E-state index in [1.165, 1.54) is 0 Å². The molecule has 2 aliphatic rings. The zero-order chi connectivity index (χ0) is 18.4. The lowest BCUT2D eigenvalue weighted by Gasteiger charge is -2.38. The molecule has 1 aromatic carbocycles. The monoisotopic (exact) mass is 361 g/mol. The minimum Gasteiger partial charge on any atom is -0.412 e. The number of carbonyl (C=O) groups excluding carboxylic acids is 1. The van der Waals surface area contributed by atoms with Crippen LogP contribution in [0.4, 0.5) is 0 Å². The van der Waals surface area contributed by atoms with Crippen LogP contribution in [0, 0.1) is 0 Å². The van der Waals surface area contributed by atoms with Crippen molar-refractivity contribution in [3.63, 3.8) is 0 Å². The van der Waals surface area contributed by atoms with E-state index in [2.05, 4.69) is 33.9 Å². The summed E-state index contributed by atoms with van der Waals surface area (Å²) in [6.07, 6.45) is 0.826. The number of amides is 1. The Labute approximate surface area is 152 Å². The van der Waals surface area contributed by atoms with Crippen LogP contribution in [0.15, 0.2) is 30.3 Å². The maximum atomic E-state index is 13.0. The van der Waals surface area contributed by atoms with Gasteiger partial charge in [-0.15, -0.1) is 0 Å². The molecule has 0 aromatic heterocycles. The molecule has 2 fully saturated rings. The molecule has 25 heavy (non-hydrogen) atoms. The van der Waals surface area contributed by atoms with E-state index in [0.29, 0.717) is 13.0 Å². The normalized spacial score (nSPS) is 30.5. The van der Waals surface area contributed by atoms with Gasteiger partial charge in [0.15, 0.2) is 8.32 Å². The third kappa shape index (κ3) is 3.55. The highest BCUT2D eigenvalue weighted by Gasteiger charge is 2.49. The van der Waals surface area contributed by atoms with E-state index in [1.54, 1.807) is 0 Å². The molecule has 0 aliphatic carbocycles. The number of hydrogen-bond acceptors (Lipinski definition) is 3. The SMILES string of the molecule is CC(C)(C)[Si](C)(C)O[C@@H]1C[C@H]2[C@H](O)C[C@@H](c3ccccc3)C(=O)N2C1. The molecule has 4 nitrogen and oxygen atoms in total. The molecule has 0 radical (unpaired) electrons. The van der Waals surface area contributed by atoms with Gasteiger partial charge in [0.1, 0.15) is 0 Å². The summed E-state index contributed by atoms with van der Waals surface area (Å²) in [5, 5.41) is 10.8. The van der Waals surface area contributed by atoms with Crippen molar-refractivity contribution >= 4 is 14.2 Å². The highest BCUT2D eigenvalue weighted by Crippen LogP contribution is 2.41. The minimum atomic E-state index is -1.88. The summed E-state index contributed by atoms with van der Waals surface area (Å²) in [6.45, 7) is 11.8. The third-order valence-corrected chi connectivity index (χ3v) is 10.8. The summed E-state index contributed by atoms with van der Waals surface area (Å²) in [4.78, 5) is 14.9. The fourth-order valence-electron chi connectivity index (χ4n) is 3.79. The van der Waals surface area contributed by atoms with Gasteiger partial charge < -0.3 is 14.4 Å². The first kappa shape index (κ1) is 18.6. The largest absolute Gasteiger partial charge is 0.412 e. The number of hydrogen-bond donors (Lipinski definition) is 1. The number of carbonyl (C=O) groups is 1. The van der Waals surface area contributed by atoms with Gasteiger partial charge in [0.25, 0.3) is 0 Å². The van der Waals surface area contributed by atoms with Crippen LogP contribution < -0.4 is 0 Å². The number of rotatable bonds is 3. The topological polar surface area (TPSA) is 49.8 Å². The molecule has 4 atom stereocenters. The second-order valence-electron chi connectivity index (χ2n) is 9.06. The minimum absolute atomic E-state index is 0.0408. The lowest BCUT2D eigenvalue weighted by atomic mass is 9.85. The van der Waals surface area contributed by atoms with E-state index in [1.807, 2.05) is 35.2 Å². The Balaban J connectivity index is 1.75. The van der Waals surface area contributed by atoms with Gasteiger partial charge in [0.05, 0.1) is 24.2 Å². The number of benzene rings is 1. The average Bonchev–Trinajstić information content (AvgIpc) is 2.94. The smallest absolute Gasteiger partial charge is 0.230 e. The second-order valence-corrected chi connectivity index (χ2v) is 13.8. The summed E-state index contributed by atoms with van der Waals surface area (Å²) in [5.74, 6) is -0.0955. The van der Waals surface area contributed by atoms with Crippen LogP contribution in [0.3, 0.4) is 0 Å². The molecule has 2 aliphatic heterocycles. The number of piperidine rings is 1. The summed E-state index contributed by atoms with van der Waals surface area (Å²) >= 11 is 0. The molecule has 1 aromatic rings. The molecule has 2 saturated heterocycles. The maximum Gasteiger partial charge on any atom is 0.230 e. The Morgan fingerprint density at radius 2 is 1.80 bits per heavy atom. The van der Waals surface area contributed by atoms with Crippen LogP contribution in [0.25, 0.3) is 0 Å². The van der Waals surface area contributed by atoms with E-state index in [-0.39, 0.29) is 29.0 Å². The van der Waals surface area contributed by atoms with Crippen molar-refractivity contribution in [1.29, 1.82) is 0 Å². The maximum absolute atomic E-state index is 13.0. The Kier molecular flexibility index (Phi) is 4.86. The first-order valence-corrected chi connectivity index (χ1v) is 12.2. The lowest BCUT2D eigenvalue weighted by Crippen LogP contribution is -2.50. The zero-order valence-electron chi connectivity index (χ0n) is 16.0. The molecule has 0 unspecified atom stereocenters. The lowest BCUT2D eigenvalue weighted by molar-refractivity contribution is -0.141. The summed E-state index contributed by atoms with van der Waals surface area (Å²) in [7, 11) is -1.88. The van der Waals surface area contributed by atoms with Crippen LogP contribution in [-0.4, -0.2) is 49.0 Å². The molecular weight excluding hydrogens is 330 g/mol. The fourth-order valence-corrected chi connectivity index (χ4v) is 5.14. The van der Waals surface area contributed by atoms with Gasteiger partial charge in [-0.25, -0.2) is 0 Å². The van der Waals surface area contributed by atoms with Crippen molar-refractivity contribution in [2.75, 3.05) is 6.54 Å². The first-order chi connectivity index (χ1) is 11.6.